The Hall–Kier alpha value is -1.39. The topological polar surface area (TPSA) is 52.8 Å². The number of benzene rings is 1. The lowest BCUT2D eigenvalue weighted by atomic mass is 9.75. The van der Waals surface area contributed by atoms with Crippen LogP contribution in [0.2, 0.25) is 0 Å². The molecule has 70 valence electrons. The first-order chi connectivity index (χ1) is 6.79. The Labute approximate surface area is 82.6 Å². The Bertz CT molecular complexity index is 399. The number of fused-ring (bicyclic) bond motifs is 1. The molecule has 0 aromatic heterocycles. The minimum Gasteiger partial charge on any atom is -0.423 e. The Balaban J connectivity index is 2.55. The van der Waals surface area contributed by atoms with Gasteiger partial charge in [-0.05, 0) is 22.7 Å². The highest BCUT2D eigenvalue weighted by Gasteiger charge is 2.16. The van der Waals surface area contributed by atoms with Gasteiger partial charge in [0.05, 0.1) is 0 Å². The van der Waals surface area contributed by atoms with Gasteiger partial charge in [0.25, 0.3) is 0 Å². The predicted octanol–water partition coefficient (Wildman–Crippen LogP) is -0.0360. The molecule has 1 aromatic rings. The van der Waals surface area contributed by atoms with Crippen LogP contribution in [-0.2, 0) is 6.42 Å². The van der Waals surface area contributed by atoms with Crippen LogP contribution in [0.4, 0.5) is 0 Å². The van der Waals surface area contributed by atoms with Gasteiger partial charge in [-0.1, -0.05) is 18.2 Å². The number of rotatable bonds is 1. The third-order valence-electron chi connectivity index (χ3n) is 2.25. The van der Waals surface area contributed by atoms with Gasteiger partial charge in [0, 0.05) is 18.8 Å². The summed E-state index contributed by atoms with van der Waals surface area (Å²) in [4.78, 5) is 4.02. The second-order valence-corrected chi connectivity index (χ2v) is 3.15. The van der Waals surface area contributed by atoms with Crippen molar-refractivity contribution in [2.75, 3.05) is 0 Å². The maximum atomic E-state index is 9.15. The zero-order valence-electron chi connectivity index (χ0n) is 7.59. The molecule has 2 rings (SSSR count). The molecular weight excluding hydrogens is 177 g/mol. The van der Waals surface area contributed by atoms with Crippen molar-refractivity contribution >= 4 is 24.9 Å². The van der Waals surface area contributed by atoms with Crippen LogP contribution in [0.3, 0.4) is 0 Å². The van der Waals surface area contributed by atoms with Gasteiger partial charge in [-0.15, -0.1) is 0 Å². The summed E-state index contributed by atoms with van der Waals surface area (Å²) < 4.78 is 0. The molecule has 0 atom stereocenters. The van der Waals surface area contributed by atoms with Gasteiger partial charge < -0.3 is 10.0 Å². The van der Waals surface area contributed by atoms with Crippen LogP contribution in [0.15, 0.2) is 29.4 Å². The highest BCUT2D eigenvalue weighted by Crippen LogP contribution is 2.11. The second-order valence-electron chi connectivity index (χ2n) is 3.15. The average Bonchev–Trinajstić information content (AvgIpc) is 2.41. The normalized spacial score (nSPS) is 13.6. The molecule has 2 N–H and O–H groups in total. The highest BCUT2D eigenvalue weighted by atomic mass is 16.4. The first-order valence-electron chi connectivity index (χ1n) is 4.45. The van der Waals surface area contributed by atoms with E-state index in [9.17, 15) is 0 Å². The van der Waals surface area contributed by atoms with Crippen LogP contribution in [-0.4, -0.2) is 23.4 Å². The maximum absolute atomic E-state index is 9.15. The minimum absolute atomic E-state index is 0.532. The van der Waals surface area contributed by atoms with Crippen LogP contribution in [0, 0.1) is 0 Å². The molecule has 0 fully saturated rings. The van der Waals surface area contributed by atoms with E-state index in [-0.39, 0.29) is 0 Å². The van der Waals surface area contributed by atoms with Crippen LogP contribution >= 0.6 is 0 Å². The van der Waals surface area contributed by atoms with Crippen molar-refractivity contribution in [1.82, 2.24) is 0 Å². The average molecular weight is 187 g/mol. The van der Waals surface area contributed by atoms with Gasteiger partial charge in [-0.3, -0.25) is 4.99 Å². The Morgan fingerprint density at radius 3 is 2.93 bits per heavy atom. The second kappa shape index (κ2) is 3.78. The van der Waals surface area contributed by atoms with E-state index in [0.717, 1.165) is 17.5 Å². The van der Waals surface area contributed by atoms with E-state index < -0.39 is 7.12 Å². The van der Waals surface area contributed by atoms with Crippen molar-refractivity contribution in [2.45, 2.75) is 6.42 Å². The summed E-state index contributed by atoms with van der Waals surface area (Å²) in [5.74, 6) is 0. The number of nitrogens with zero attached hydrogens (tertiary/aromatic N) is 1. The summed E-state index contributed by atoms with van der Waals surface area (Å²) >= 11 is 0. The van der Waals surface area contributed by atoms with E-state index in [4.69, 9.17) is 10.0 Å². The molecule has 0 amide bonds. The monoisotopic (exact) mass is 187 g/mol. The lowest BCUT2D eigenvalue weighted by Crippen LogP contribution is -2.32. The quantitative estimate of drug-likeness (QED) is 0.606. The summed E-state index contributed by atoms with van der Waals surface area (Å²) in [5.41, 5.74) is 2.46. The van der Waals surface area contributed by atoms with Crippen LogP contribution in [0.1, 0.15) is 11.1 Å². The predicted molar refractivity (Wildman–Crippen MR) is 57.5 cm³/mol. The molecular formula is C10H10BNO2. The van der Waals surface area contributed by atoms with Crippen molar-refractivity contribution < 1.29 is 10.0 Å². The fourth-order valence-corrected chi connectivity index (χ4v) is 1.57. The number of hydrogen-bond donors (Lipinski definition) is 2. The maximum Gasteiger partial charge on any atom is 0.489 e. The summed E-state index contributed by atoms with van der Waals surface area (Å²) in [7, 11) is -1.42. The molecule has 0 radical (unpaired) electrons. The molecule has 0 aliphatic carbocycles. The summed E-state index contributed by atoms with van der Waals surface area (Å²) in [6, 6.07) is 5.49. The molecule has 1 heterocycles. The molecule has 1 aliphatic heterocycles. The Kier molecular flexibility index (Phi) is 2.48. The molecule has 4 heteroatoms. The molecule has 1 aliphatic rings. The zero-order valence-corrected chi connectivity index (χ0v) is 7.59. The Morgan fingerprint density at radius 1 is 1.29 bits per heavy atom. The standard InChI is InChI=1S/C10H10BNO2/c13-11(14)10-3-1-2-8-4-6-12-7-5-9(8)10/h1-3,5-7,13-14H,4H2. The van der Waals surface area contributed by atoms with Crippen molar-refractivity contribution in [3.05, 3.63) is 35.5 Å². The van der Waals surface area contributed by atoms with Gasteiger partial charge in [-0.2, -0.15) is 0 Å². The first kappa shape index (κ1) is 9.18. The lowest BCUT2D eigenvalue weighted by molar-refractivity contribution is 0.425. The fourth-order valence-electron chi connectivity index (χ4n) is 1.57. The van der Waals surface area contributed by atoms with Gasteiger partial charge in [-0.25, -0.2) is 0 Å². The summed E-state index contributed by atoms with van der Waals surface area (Å²) in [5, 5.41) is 18.3. The molecule has 1 aromatic carbocycles. The smallest absolute Gasteiger partial charge is 0.423 e. The van der Waals surface area contributed by atoms with E-state index in [0.29, 0.717) is 5.46 Å². The third-order valence-corrected chi connectivity index (χ3v) is 2.25. The number of hydrogen-bond acceptors (Lipinski definition) is 3. The molecule has 3 nitrogen and oxygen atoms in total. The van der Waals surface area contributed by atoms with Crippen molar-refractivity contribution in [1.29, 1.82) is 0 Å². The minimum atomic E-state index is -1.42. The van der Waals surface area contributed by atoms with E-state index in [1.54, 1.807) is 24.6 Å². The molecule has 14 heavy (non-hydrogen) atoms. The fraction of sp³-hybridized carbons (Fsp3) is 0.100. The van der Waals surface area contributed by atoms with Gasteiger partial charge in [0.15, 0.2) is 0 Å². The summed E-state index contributed by atoms with van der Waals surface area (Å²) in [6.45, 7) is 0. The molecule has 0 unspecified atom stereocenters. The lowest BCUT2D eigenvalue weighted by Gasteiger charge is -2.08. The van der Waals surface area contributed by atoms with Crippen LogP contribution < -0.4 is 5.46 Å². The molecule has 0 bridgehead atoms. The van der Waals surface area contributed by atoms with E-state index in [2.05, 4.69) is 4.99 Å². The largest absolute Gasteiger partial charge is 0.489 e. The van der Waals surface area contributed by atoms with Gasteiger partial charge in [0.2, 0.25) is 0 Å². The first-order valence-corrected chi connectivity index (χ1v) is 4.45. The highest BCUT2D eigenvalue weighted by molar-refractivity contribution is 6.59. The van der Waals surface area contributed by atoms with Crippen molar-refractivity contribution in [2.24, 2.45) is 4.99 Å². The van der Waals surface area contributed by atoms with E-state index >= 15 is 0 Å². The molecule has 0 saturated heterocycles. The van der Waals surface area contributed by atoms with Crippen molar-refractivity contribution in [3.8, 4) is 0 Å². The van der Waals surface area contributed by atoms with Crippen LogP contribution in [0.5, 0.6) is 0 Å². The van der Waals surface area contributed by atoms with E-state index in [1.807, 2.05) is 12.1 Å². The SMILES string of the molecule is OB(O)c1cccc2c1C=CN=CC2. The third kappa shape index (κ3) is 1.62. The van der Waals surface area contributed by atoms with Crippen molar-refractivity contribution in [3.63, 3.8) is 0 Å². The number of aliphatic imine (C=N–C) groups is 1. The van der Waals surface area contributed by atoms with Gasteiger partial charge in [0.1, 0.15) is 0 Å². The summed E-state index contributed by atoms with van der Waals surface area (Å²) in [6.07, 6.45) is 5.99. The Morgan fingerprint density at radius 2 is 2.14 bits per heavy atom. The molecule has 0 saturated carbocycles. The zero-order chi connectivity index (χ0) is 9.97. The van der Waals surface area contributed by atoms with Crippen LogP contribution in [0.25, 0.3) is 6.08 Å². The van der Waals surface area contributed by atoms with Gasteiger partial charge >= 0.3 is 7.12 Å². The van der Waals surface area contributed by atoms with E-state index in [1.165, 1.54) is 0 Å². The molecule has 0 spiro atoms.